The Kier molecular flexibility index (Phi) is 4.29. The Morgan fingerprint density at radius 1 is 1.14 bits per heavy atom. The summed E-state index contributed by atoms with van der Waals surface area (Å²) in [6.07, 6.45) is 4.69. The first-order valence-electron chi connectivity index (χ1n) is 6.90. The minimum absolute atomic E-state index is 0.311. The fraction of sp³-hybridized carbons (Fsp3) is 0.267. The van der Waals surface area contributed by atoms with Gasteiger partial charge >= 0.3 is 0 Å². The Bertz CT molecular complexity index is 696. The molecule has 0 amide bonds. The van der Waals surface area contributed by atoms with E-state index in [0.29, 0.717) is 22.5 Å². The number of benzene rings is 1. The fourth-order valence-electron chi connectivity index (χ4n) is 2.27. The zero-order valence-corrected chi connectivity index (χ0v) is 12.3. The highest BCUT2D eigenvalue weighted by atomic mass is 35.5. The maximum absolute atomic E-state index is 13.1. The minimum Gasteiger partial charge on any atom is -0.260 e. The summed E-state index contributed by atoms with van der Waals surface area (Å²) >= 11 is 6.05. The third-order valence-corrected chi connectivity index (χ3v) is 3.89. The monoisotopic (exact) mass is 322 g/mol. The van der Waals surface area contributed by atoms with Gasteiger partial charge < -0.3 is 0 Å². The number of aromatic nitrogens is 2. The Morgan fingerprint density at radius 2 is 1.86 bits per heavy atom. The Morgan fingerprint density at radius 3 is 2.50 bits per heavy atom. The van der Waals surface area contributed by atoms with E-state index >= 15 is 0 Å². The molecule has 0 bridgehead atoms. The zero-order valence-electron chi connectivity index (χ0n) is 11.6. The van der Waals surface area contributed by atoms with Gasteiger partial charge in [-0.1, -0.05) is 18.0 Å². The highest BCUT2D eigenvalue weighted by Crippen LogP contribution is 2.39. The second-order valence-electron chi connectivity index (χ2n) is 5.18. The molecule has 0 atom stereocenters. The van der Waals surface area contributed by atoms with Crippen LogP contribution in [0.4, 0.5) is 14.6 Å². The molecule has 0 unspecified atom stereocenters. The number of hydrogen-bond acceptors (Lipinski definition) is 4. The summed E-state index contributed by atoms with van der Waals surface area (Å²) in [5.41, 5.74) is 3.96. The van der Waals surface area contributed by atoms with E-state index in [2.05, 4.69) is 20.7 Å². The lowest BCUT2D eigenvalue weighted by atomic mass is 9.81. The second-order valence-corrected chi connectivity index (χ2v) is 5.53. The molecule has 1 fully saturated rings. The molecule has 4 nitrogen and oxygen atoms in total. The van der Waals surface area contributed by atoms with Gasteiger partial charge in [0.2, 0.25) is 0 Å². The van der Waals surface area contributed by atoms with Crippen LogP contribution in [0.1, 0.15) is 36.3 Å². The van der Waals surface area contributed by atoms with Crippen LogP contribution in [0.2, 0.25) is 5.15 Å². The molecule has 1 heterocycles. The van der Waals surface area contributed by atoms with E-state index in [1.165, 1.54) is 24.8 Å². The molecule has 22 heavy (non-hydrogen) atoms. The van der Waals surface area contributed by atoms with E-state index in [1.54, 1.807) is 0 Å². The highest BCUT2D eigenvalue weighted by molar-refractivity contribution is 6.30. The van der Waals surface area contributed by atoms with E-state index in [4.69, 9.17) is 11.6 Å². The largest absolute Gasteiger partial charge is 0.260 e. The van der Waals surface area contributed by atoms with Gasteiger partial charge in [0.1, 0.15) is 11.6 Å². The van der Waals surface area contributed by atoms with Crippen LogP contribution in [0.3, 0.4) is 0 Å². The Hall–Kier alpha value is -2.08. The van der Waals surface area contributed by atoms with E-state index < -0.39 is 11.6 Å². The van der Waals surface area contributed by atoms with Gasteiger partial charge in [-0.05, 0) is 42.5 Å². The molecule has 2 aromatic rings. The van der Waals surface area contributed by atoms with Crippen molar-refractivity contribution in [2.45, 2.75) is 25.2 Å². The van der Waals surface area contributed by atoms with Gasteiger partial charge in [0, 0.05) is 11.6 Å². The quantitative estimate of drug-likeness (QED) is 0.680. The van der Waals surface area contributed by atoms with Gasteiger partial charge in [-0.15, -0.1) is 10.2 Å². The number of anilines is 1. The van der Waals surface area contributed by atoms with E-state index in [1.807, 2.05) is 6.07 Å². The van der Waals surface area contributed by atoms with Crippen LogP contribution in [0.25, 0.3) is 0 Å². The molecule has 1 aliphatic rings. The molecule has 0 spiro atoms. The van der Waals surface area contributed by atoms with Crippen LogP contribution in [0.15, 0.2) is 29.4 Å². The molecule has 1 saturated carbocycles. The normalized spacial score (nSPS) is 15.0. The second kappa shape index (κ2) is 6.36. The molecule has 3 rings (SSSR count). The van der Waals surface area contributed by atoms with Crippen molar-refractivity contribution in [1.29, 1.82) is 0 Å². The van der Waals surface area contributed by atoms with Crippen molar-refractivity contribution in [2.24, 2.45) is 5.10 Å². The van der Waals surface area contributed by atoms with Crippen molar-refractivity contribution in [3.8, 4) is 0 Å². The SMILES string of the molecule is Fc1cc(F)cc(/C=N/Nc2cc(C3CCC3)c(Cl)nn2)c1. The van der Waals surface area contributed by atoms with E-state index in [9.17, 15) is 8.78 Å². The topological polar surface area (TPSA) is 50.2 Å². The number of hydrazone groups is 1. The van der Waals surface area contributed by atoms with Gasteiger partial charge in [-0.2, -0.15) is 5.10 Å². The molecule has 114 valence electrons. The summed E-state index contributed by atoms with van der Waals surface area (Å²) in [5, 5.41) is 12.1. The molecular weight excluding hydrogens is 310 g/mol. The van der Waals surface area contributed by atoms with Gasteiger partial charge in [0.25, 0.3) is 0 Å². The first-order valence-corrected chi connectivity index (χ1v) is 7.28. The van der Waals surface area contributed by atoms with Crippen molar-refractivity contribution < 1.29 is 8.78 Å². The van der Waals surface area contributed by atoms with Crippen molar-refractivity contribution in [3.63, 3.8) is 0 Å². The number of nitrogens with one attached hydrogen (secondary N) is 1. The van der Waals surface area contributed by atoms with Gasteiger partial charge in [0.15, 0.2) is 11.0 Å². The first kappa shape index (κ1) is 14.8. The highest BCUT2D eigenvalue weighted by Gasteiger charge is 2.23. The predicted molar refractivity (Wildman–Crippen MR) is 81.2 cm³/mol. The summed E-state index contributed by atoms with van der Waals surface area (Å²) in [5.74, 6) is -0.440. The molecule has 1 aliphatic carbocycles. The van der Waals surface area contributed by atoms with E-state index in [0.717, 1.165) is 24.5 Å². The predicted octanol–water partition coefficient (Wildman–Crippen LogP) is 4.12. The van der Waals surface area contributed by atoms with Crippen molar-refractivity contribution in [1.82, 2.24) is 10.2 Å². The molecule has 0 saturated heterocycles. The number of nitrogens with zero attached hydrogens (tertiary/aromatic N) is 3. The van der Waals surface area contributed by atoms with Crippen molar-refractivity contribution in [3.05, 3.63) is 52.2 Å². The molecule has 0 aliphatic heterocycles. The lowest BCUT2D eigenvalue weighted by Crippen LogP contribution is -2.11. The average Bonchev–Trinajstić information content (AvgIpc) is 2.39. The van der Waals surface area contributed by atoms with Gasteiger partial charge in [-0.25, -0.2) is 8.78 Å². The summed E-state index contributed by atoms with van der Waals surface area (Å²) in [4.78, 5) is 0. The van der Waals surface area contributed by atoms with Gasteiger partial charge in [-0.3, -0.25) is 5.43 Å². The maximum atomic E-state index is 13.1. The van der Waals surface area contributed by atoms with E-state index in [-0.39, 0.29) is 0 Å². The standard InChI is InChI=1S/C15H13ClF2N4/c16-15-13(10-2-1-3-10)7-14(21-22-15)20-19-8-9-4-11(17)6-12(18)5-9/h4-8,10H,1-3H2,(H,20,21)/b19-8+. The average molecular weight is 323 g/mol. The Labute approximate surface area is 131 Å². The number of rotatable bonds is 4. The lowest BCUT2D eigenvalue weighted by molar-refractivity contribution is 0.418. The lowest BCUT2D eigenvalue weighted by Gasteiger charge is -2.26. The molecule has 1 aromatic carbocycles. The minimum atomic E-state index is -0.653. The van der Waals surface area contributed by atoms with Crippen LogP contribution >= 0.6 is 11.6 Å². The summed E-state index contributed by atoms with van der Waals surface area (Å²) in [6, 6.07) is 4.98. The molecular formula is C15H13ClF2N4. The van der Waals surface area contributed by atoms with Gasteiger partial charge in [0.05, 0.1) is 6.21 Å². The van der Waals surface area contributed by atoms with Crippen LogP contribution in [-0.4, -0.2) is 16.4 Å². The first-order chi connectivity index (χ1) is 10.6. The fourth-order valence-corrected chi connectivity index (χ4v) is 2.52. The Balaban J connectivity index is 1.71. The van der Waals surface area contributed by atoms with Crippen LogP contribution in [0.5, 0.6) is 0 Å². The third-order valence-electron chi connectivity index (χ3n) is 3.60. The summed E-state index contributed by atoms with van der Waals surface area (Å²) in [6.45, 7) is 0. The van der Waals surface area contributed by atoms with Crippen molar-refractivity contribution in [2.75, 3.05) is 5.43 Å². The molecule has 1 aromatic heterocycles. The summed E-state index contributed by atoms with van der Waals surface area (Å²) < 4.78 is 26.1. The smallest absolute Gasteiger partial charge is 0.169 e. The third kappa shape index (κ3) is 3.39. The van der Waals surface area contributed by atoms with Crippen LogP contribution in [0, 0.1) is 11.6 Å². The number of hydrogen-bond donors (Lipinski definition) is 1. The molecule has 1 N–H and O–H groups in total. The molecule has 0 radical (unpaired) electrons. The van der Waals surface area contributed by atoms with Crippen molar-refractivity contribution >= 4 is 23.6 Å². The summed E-state index contributed by atoms with van der Waals surface area (Å²) in [7, 11) is 0. The zero-order chi connectivity index (χ0) is 15.5. The van der Waals surface area contributed by atoms with Crippen LogP contribution in [-0.2, 0) is 0 Å². The number of halogens is 3. The van der Waals surface area contributed by atoms with Crippen LogP contribution < -0.4 is 5.43 Å². The maximum Gasteiger partial charge on any atom is 0.169 e. The molecule has 7 heteroatoms.